The van der Waals surface area contributed by atoms with Crippen LogP contribution in [0.4, 0.5) is 0 Å². The van der Waals surface area contributed by atoms with Gasteiger partial charge < -0.3 is 5.32 Å². The summed E-state index contributed by atoms with van der Waals surface area (Å²) in [6.07, 6.45) is 8.92. The van der Waals surface area contributed by atoms with E-state index in [4.69, 9.17) is 0 Å². The van der Waals surface area contributed by atoms with Crippen molar-refractivity contribution in [2.45, 2.75) is 38.6 Å². The largest absolute Gasteiger partial charge is 0.310 e. The van der Waals surface area contributed by atoms with Crippen molar-refractivity contribution in [2.75, 3.05) is 6.54 Å². The monoisotopic (exact) mass is 240 g/mol. The lowest BCUT2D eigenvalue weighted by molar-refractivity contribution is 0.412. The van der Waals surface area contributed by atoms with Crippen LogP contribution in [0.3, 0.4) is 0 Å². The van der Waals surface area contributed by atoms with Crippen molar-refractivity contribution in [3.8, 4) is 0 Å². The van der Waals surface area contributed by atoms with Gasteiger partial charge in [0.25, 0.3) is 0 Å². The SMILES string of the molecule is CCc1cncc2cc(C3CCCCN3)ccc12. The number of nitrogens with one attached hydrogen (secondary N) is 1. The highest BCUT2D eigenvalue weighted by molar-refractivity contribution is 5.85. The fraction of sp³-hybridized carbons (Fsp3) is 0.438. The molecule has 0 aliphatic carbocycles. The molecular weight excluding hydrogens is 220 g/mol. The van der Waals surface area contributed by atoms with Gasteiger partial charge in [-0.1, -0.05) is 25.5 Å². The molecule has 2 heterocycles. The molecule has 2 aromatic rings. The minimum Gasteiger partial charge on any atom is -0.310 e. The summed E-state index contributed by atoms with van der Waals surface area (Å²) in [7, 11) is 0. The van der Waals surface area contributed by atoms with Gasteiger partial charge in [0.1, 0.15) is 0 Å². The standard InChI is InChI=1S/C16H20N2/c1-2-12-10-17-11-14-9-13(6-7-15(12)14)16-5-3-4-8-18-16/h6-7,9-11,16,18H,2-5,8H2,1H3. The summed E-state index contributed by atoms with van der Waals surface area (Å²) < 4.78 is 0. The summed E-state index contributed by atoms with van der Waals surface area (Å²) >= 11 is 0. The predicted molar refractivity (Wildman–Crippen MR) is 75.7 cm³/mol. The Labute approximate surface area is 108 Å². The summed E-state index contributed by atoms with van der Waals surface area (Å²) in [6, 6.07) is 7.39. The Balaban J connectivity index is 2.00. The normalized spacial score (nSPS) is 20.2. The third kappa shape index (κ3) is 2.13. The number of benzene rings is 1. The van der Waals surface area contributed by atoms with E-state index in [1.54, 1.807) is 0 Å². The first-order valence-electron chi connectivity index (χ1n) is 6.98. The molecule has 1 atom stereocenters. The summed E-state index contributed by atoms with van der Waals surface area (Å²) in [6.45, 7) is 3.34. The van der Waals surface area contributed by atoms with Crippen LogP contribution in [-0.4, -0.2) is 11.5 Å². The van der Waals surface area contributed by atoms with Gasteiger partial charge in [-0.05, 0) is 48.4 Å². The van der Waals surface area contributed by atoms with Crippen molar-refractivity contribution in [3.63, 3.8) is 0 Å². The van der Waals surface area contributed by atoms with Crippen molar-refractivity contribution in [1.82, 2.24) is 10.3 Å². The number of hydrogen-bond acceptors (Lipinski definition) is 2. The highest BCUT2D eigenvalue weighted by Gasteiger charge is 2.14. The van der Waals surface area contributed by atoms with Crippen LogP contribution in [0, 0.1) is 0 Å². The van der Waals surface area contributed by atoms with Crippen molar-refractivity contribution in [2.24, 2.45) is 0 Å². The van der Waals surface area contributed by atoms with E-state index < -0.39 is 0 Å². The van der Waals surface area contributed by atoms with Gasteiger partial charge in [0, 0.05) is 23.8 Å². The van der Waals surface area contributed by atoms with Crippen LogP contribution in [0.5, 0.6) is 0 Å². The minimum atomic E-state index is 0.536. The molecule has 3 rings (SSSR count). The van der Waals surface area contributed by atoms with Crippen LogP contribution < -0.4 is 5.32 Å². The van der Waals surface area contributed by atoms with Gasteiger partial charge in [-0.25, -0.2) is 0 Å². The van der Waals surface area contributed by atoms with Crippen LogP contribution in [0.1, 0.15) is 43.4 Å². The quantitative estimate of drug-likeness (QED) is 0.867. The maximum absolute atomic E-state index is 4.35. The predicted octanol–water partition coefficient (Wildman–Crippen LogP) is 3.61. The molecule has 1 unspecified atom stereocenters. The topological polar surface area (TPSA) is 24.9 Å². The molecule has 1 aliphatic heterocycles. The maximum Gasteiger partial charge on any atom is 0.0346 e. The molecule has 0 spiro atoms. The van der Waals surface area contributed by atoms with Crippen LogP contribution in [-0.2, 0) is 6.42 Å². The van der Waals surface area contributed by atoms with Gasteiger partial charge >= 0.3 is 0 Å². The number of fused-ring (bicyclic) bond motifs is 1. The summed E-state index contributed by atoms with van der Waals surface area (Å²) in [5.41, 5.74) is 2.76. The Hall–Kier alpha value is -1.41. The Bertz CT molecular complexity index is 542. The highest BCUT2D eigenvalue weighted by Crippen LogP contribution is 2.27. The first-order chi connectivity index (χ1) is 8.88. The fourth-order valence-electron chi connectivity index (χ4n) is 2.89. The Morgan fingerprint density at radius 3 is 3.00 bits per heavy atom. The Kier molecular flexibility index (Phi) is 3.28. The molecule has 0 saturated carbocycles. The third-order valence-electron chi connectivity index (χ3n) is 3.96. The molecular formula is C16H20N2. The van der Waals surface area contributed by atoms with Gasteiger partial charge in [0.05, 0.1) is 0 Å². The molecule has 0 amide bonds. The van der Waals surface area contributed by atoms with Crippen LogP contribution in [0.2, 0.25) is 0 Å². The summed E-state index contributed by atoms with van der Waals surface area (Å²) in [4.78, 5) is 4.35. The van der Waals surface area contributed by atoms with Crippen LogP contribution in [0.15, 0.2) is 30.6 Å². The number of hydrogen-bond donors (Lipinski definition) is 1. The van der Waals surface area contributed by atoms with Crippen LogP contribution in [0.25, 0.3) is 10.8 Å². The first kappa shape index (κ1) is 11.7. The van der Waals surface area contributed by atoms with E-state index in [0.29, 0.717) is 6.04 Å². The molecule has 2 heteroatoms. The van der Waals surface area contributed by atoms with E-state index >= 15 is 0 Å². The van der Waals surface area contributed by atoms with Crippen LogP contribution >= 0.6 is 0 Å². The summed E-state index contributed by atoms with van der Waals surface area (Å²) in [5, 5.41) is 6.24. The van der Waals surface area contributed by atoms with E-state index in [1.165, 1.54) is 41.2 Å². The molecule has 0 bridgehead atoms. The second kappa shape index (κ2) is 5.07. The first-order valence-corrected chi connectivity index (χ1v) is 6.98. The summed E-state index contributed by atoms with van der Waals surface area (Å²) in [5.74, 6) is 0. The van der Waals surface area contributed by atoms with E-state index in [-0.39, 0.29) is 0 Å². The third-order valence-corrected chi connectivity index (χ3v) is 3.96. The zero-order valence-corrected chi connectivity index (χ0v) is 10.9. The average Bonchev–Trinajstić information content (AvgIpc) is 2.47. The molecule has 1 saturated heterocycles. The highest BCUT2D eigenvalue weighted by atomic mass is 14.9. The number of pyridine rings is 1. The second-order valence-corrected chi connectivity index (χ2v) is 5.14. The van der Waals surface area contributed by atoms with Crippen molar-refractivity contribution in [1.29, 1.82) is 0 Å². The minimum absolute atomic E-state index is 0.536. The van der Waals surface area contributed by atoms with E-state index in [1.807, 2.05) is 12.4 Å². The van der Waals surface area contributed by atoms with Gasteiger partial charge in [0.15, 0.2) is 0 Å². The maximum atomic E-state index is 4.35. The second-order valence-electron chi connectivity index (χ2n) is 5.14. The average molecular weight is 240 g/mol. The molecule has 1 fully saturated rings. The van der Waals surface area contributed by atoms with Crippen molar-refractivity contribution in [3.05, 3.63) is 41.7 Å². The Morgan fingerprint density at radius 1 is 1.28 bits per heavy atom. The molecule has 18 heavy (non-hydrogen) atoms. The molecule has 1 aromatic carbocycles. The zero-order valence-electron chi connectivity index (χ0n) is 10.9. The molecule has 94 valence electrons. The van der Waals surface area contributed by atoms with Crippen molar-refractivity contribution >= 4 is 10.8 Å². The van der Waals surface area contributed by atoms with Gasteiger partial charge in [-0.2, -0.15) is 0 Å². The number of piperidine rings is 1. The number of rotatable bonds is 2. The number of aromatic nitrogens is 1. The van der Waals surface area contributed by atoms with Gasteiger partial charge in [-0.3, -0.25) is 4.98 Å². The molecule has 2 nitrogen and oxygen atoms in total. The fourth-order valence-corrected chi connectivity index (χ4v) is 2.89. The molecule has 1 aromatic heterocycles. The smallest absolute Gasteiger partial charge is 0.0346 e. The molecule has 1 N–H and O–H groups in total. The zero-order chi connectivity index (χ0) is 12.4. The number of nitrogens with zero attached hydrogens (tertiary/aromatic N) is 1. The van der Waals surface area contributed by atoms with E-state index in [2.05, 4.69) is 35.4 Å². The Morgan fingerprint density at radius 2 is 2.22 bits per heavy atom. The lowest BCUT2D eigenvalue weighted by Gasteiger charge is -2.24. The van der Waals surface area contributed by atoms with E-state index in [9.17, 15) is 0 Å². The number of aryl methyl sites for hydroxylation is 1. The van der Waals surface area contributed by atoms with Gasteiger partial charge in [0.2, 0.25) is 0 Å². The van der Waals surface area contributed by atoms with E-state index in [0.717, 1.165) is 13.0 Å². The lowest BCUT2D eigenvalue weighted by atomic mass is 9.95. The van der Waals surface area contributed by atoms with Crippen molar-refractivity contribution < 1.29 is 0 Å². The molecule has 0 radical (unpaired) electrons. The lowest BCUT2D eigenvalue weighted by Crippen LogP contribution is -2.26. The van der Waals surface area contributed by atoms with Gasteiger partial charge in [-0.15, -0.1) is 0 Å². The molecule has 1 aliphatic rings.